The third-order valence-corrected chi connectivity index (χ3v) is 4.57. The van der Waals surface area contributed by atoms with Gasteiger partial charge in [0.1, 0.15) is 0 Å². The maximum atomic E-state index is 10.9. The zero-order valence-corrected chi connectivity index (χ0v) is 13.5. The number of carbonyl (C=O) groups is 1. The maximum Gasteiger partial charge on any atom is 0.303 e. The highest BCUT2D eigenvalue weighted by Gasteiger charge is 2.27. The molecule has 1 aromatic carbocycles. The second-order valence-corrected chi connectivity index (χ2v) is 6.50. The molecule has 4 heteroatoms. The van der Waals surface area contributed by atoms with Gasteiger partial charge >= 0.3 is 5.97 Å². The summed E-state index contributed by atoms with van der Waals surface area (Å²) in [5, 5.41) is 8.98. The van der Waals surface area contributed by atoms with Crippen molar-refractivity contribution in [3.8, 4) is 0 Å². The molecule has 1 aromatic rings. The average molecular weight is 340 g/mol. The van der Waals surface area contributed by atoms with Crippen LogP contribution in [-0.4, -0.2) is 29.1 Å². The van der Waals surface area contributed by atoms with Crippen LogP contribution in [0.5, 0.6) is 0 Å². The normalized spacial score (nSPS) is 21.6. The molecule has 3 nitrogen and oxygen atoms in total. The molecule has 1 aliphatic heterocycles. The predicted molar refractivity (Wildman–Crippen MR) is 83.7 cm³/mol. The zero-order valence-electron chi connectivity index (χ0n) is 11.9. The summed E-state index contributed by atoms with van der Waals surface area (Å²) in [6.45, 7) is 4.17. The van der Waals surface area contributed by atoms with Crippen molar-refractivity contribution >= 4 is 21.9 Å². The van der Waals surface area contributed by atoms with Crippen LogP contribution in [0.15, 0.2) is 28.7 Å². The Kier molecular flexibility index (Phi) is 5.61. The first kappa shape index (κ1) is 15.5. The predicted octanol–water partition coefficient (Wildman–Crippen LogP) is 4.09. The van der Waals surface area contributed by atoms with Crippen molar-refractivity contribution in [3.63, 3.8) is 0 Å². The monoisotopic (exact) mass is 339 g/mol. The minimum Gasteiger partial charge on any atom is -0.481 e. The lowest BCUT2D eigenvalue weighted by Crippen LogP contribution is -2.38. The maximum absolute atomic E-state index is 10.9. The first-order valence-corrected chi connectivity index (χ1v) is 8.10. The SMILES string of the molecule is CCC(c1cccc(Br)c1)N1CCCC(CC(=O)O)C1. The van der Waals surface area contributed by atoms with Crippen LogP contribution in [0.1, 0.15) is 44.2 Å². The van der Waals surface area contributed by atoms with E-state index in [4.69, 9.17) is 5.11 Å². The molecule has 0 radical (unpaired) electrons. The number of nitrogens with zero attached hydrogens (tertiary/aromatic N) is 1. The Labute approximate surface area is 129 Å². The van der Waals surface area contributed by atoms with Crippen molar-refractivity contribution < 1.29 is 9.90 Å². The Morgan fingerprint density at radius 3 is 3.00 bits per heavy atom. The van der Waals surface area contributed by atoms with Crippen LogP contribution in [0.3, 0.4) is 0 Å². The van der Waals surface area contributed by atoms with Gasteiger partial charge in [0.15, 0.2) is 0 Å². The number of hydrogen-bond donors (Lipinski definition) is 1. The highest BCUT2D eigenvalue weighted by Crippen LogP contribution is 2.31. The number of benzene rings is 1. The second-order valence-electron chi connectivity index (χ2n) is 5.58. The van der Waals surface area contributed by atoms with E-state index in [0.29, 0.717) is 18.4 Å². The van der Waals surface area contributed by atoms with E-state index in [0.717, 1.165) is 36.8 Å². The molecule has 1 fully saturated rings. The highest BCUT2D eigenvalue weighted by atomic mass is 79.9. The van der Waals surface area contributed by atoms with E-state index in [1.165, 1.54) is 5.56 Å². The van der Waals surface area contributed by atoms with E-state index in [9.17, 15) is 4.79 Å². The summed E-state index contributed by atoms with van der Waals surface area (Å²) < 4.78 is 1.10. The number of likely N-dealkylation sites (tertiary alicyclic amines) is 1. The van der Waals surface area contributed by atoms with Gasteiger partial charge in [0.2, 0.25) is 0 Å². The average Bonchev–Trinajstić information content (AvgIpc) is 2.39. The molecule has 0 amide bonds. The minimum absolute atomic E-state index is 0.294. The Balaban J connectivity index is 2.09. The van der Waals surface area contributed by atoms with Gasteiger partial charge in [-0.2, -0.15) is 0 Å². The summed E-state index contributed by atoms with van der Waals surface area (Å²) in [5.74, 6) is -0.380. The molecule has 2 atom stereocenters. The third-order valence-electron chi connectivity index (χ3n) is 4.07. The number of piperidine rings is 1. The van der Waals surface area contributed by atoms with Gasteiger partial charge in [-0.15, -0.1) is 0 Å². The van der Waals surface area contributed by atoms with Crippen LogP contribution in [0, 0.1) is 5.92 Å². The quantitative estimate of drug-likeness (QED) is 0.878. The zero-order chi connectivity index (χ0) is 14.5. The van der Waals surface area contributed by atoms with Gasteiger partial charge in [0.25, 0.3) is 0 Å². The van der Waals surface area contributed by atoms with Crippen LogP contribution in [0.4, 0.5) is 0 Å². The Morgan fingerprint density at radius 2 is 2.35 bits per heavy atom. The molecule has 0 aliphatic carbocycles. The number of rotatable bonds is 5. The molecule has 110 valence electrons. The van der Waals surface area contributed by atoms with E-state index < -0.39 is 5.97 Å². The lowest BCUT2D eigenvalue weighted by Gasteiger charge is -2.38. The van der Waals surface area contributed by atoms with Gasteiger partial charge in [-0.3, -0.25) is 9.69 Å². The molecule has 0 aromatic heterocycles. The summed E-state index contributed by atoms with van der Waals surface area (Å²) in [5.41, 5.74) is 1.32. The van der Waals surface area contributed by atoms with Gasteiger partial charge in [-0.25, -0.2) is 0 Å². The van der Waals surface area contributed by atoms with E-state index >= 15 is 0 Å². The molecule has 1 heterocycles. The molecule has 2 rings (SSSR count). The van der Waals surface area contributed by atoms with Crippen molar-refractivity contribution in [2.24, 2.45) is 5.92 Å². The van der Waals surface area contributed by atoms with Crippen molar-refractivity contribution in [1.82, 2.24) is 4.90 Å². The topological polar surface area (TPSA) is 40.5 Å². The second kappa shape index (κ2) is 7.23. The van der Waals surface area contributed by atoms with Crippen LogP contribution < -0.4 is 0 Å². The van der Waals surface area contributed by atoms with Crippen molar-refractivity contribution in [2.45, 2.75) is 38.6 Å². The van der Waals surface area contributed by atoms with Crippen molar-refractivity contribution in [3.05, 3.63) is 34.3 Å². The number of carboxylic acids is 1. The number of carboxylic acid groups (broad SMARTS) is 1. The van der Waals surface area contributed by atoms with E-state index in [2.05, 4.69) is 46.0 Å². The fourth-order valence-corrected chi connectivity index (χ4v) is 3.63. The molecule has 0 spiro atoms. The van der Waals surface area contributed by atoms with Crippen LogP contribution >= 0.6 is 15.9 Å². The molecule has 1 saturated heterocycles. The Morgan fingerprint density at radius 1 is 1.55 bits per heavy atom. The largest absolute Gasteiger partial charge is 0.481 e. The highest BCUT2D eigenvalue weighted by molar-refractivity contribution is 9.10. The molecular weight excluding hydrogens is 318 g/mol. The lowest BCUT2D eigenvalue weighted by atomic mass is 9.92. The van der Waals surface area contributed by atoms with Gasteiger partial charge in [0, 0.05) is 23.5 Å². The first-order chi connectivity index (χ1) is 9.60. The molecule has 0 saturated carbocycles. The standard InChI is InChI=1S/C16H22BrNO2/c1-2-15(13-6-3-7-14(17)10-13)18-8-4-5-12(11-18)9-16(19)20/h3,6-7,10,12,15H,2,4-5,8-9,11H2,1H3,(H,19,20). The summed E-state index contributed by atoms with van der Waals surface area (Å²) in [7, 11) is 0. The third kappa shape index (κ3) is 4.06. The molecule has 1 N–H and O–H groups in total. The number of aliphatic carboxylic acids is 1. The Hall–Kier alpha value is -0.870. The van der Waals surface area contributed by atoms with Crippen molar-refractivity contribution in [1.29, 1.82) is 0 Å². The van der Waals surface area contributed by atoms with Gasteiger partial charge in [-0.05, 0) is 49.4 Å². The lowest BCUT2D eigenvalue weighted by molar-refractivity contribution is -0.138. The van der Waals surface area contributed by atoms with E-state index in [-0.39, 0.29) is 0 Å². The molecule has 20 heavy (non-hydrogen) atoms. The summed E-state index contributed by atoms with van der Waals surface area (Å²) in [6.07, 6.45) is 3.49. The first-order valence-electron chi connectivity index (χ1n) is 7.31. The van der Waals surface area contributed by atoms with Gasteiger partial charge in [0.05, 0.1) is 0 Å². The number of hydrogen-bond acceptors (Lipinski definition) is 2. The van der Waals surface area contributed by atoms with Crippen molar-refractivity contribution in [2.75, 3.05) is 13.1 Å². The summed E-state index contributed by atoms with van der Waals surface area (Å²) in [6, 6.07) is 8.85. The molecular formula is C16H22BrNO2. The van der Waals surface area contributed by atoms with Gasteiger partial charge in [-0.1, -0.05) is 35.0 Å². The van der Waals surface area contributed by atoms with Gasteiger partial charge < -0.3 is 5.11 Å². The minimum atomic E-state index is -0.674. The molecule has 2 unspecified atom stereocenters. The van der Waals surface area contributed by atoms with E-state index in [1.54, 1.807) is 0 Å². The van der Waals surface area contributed by atoms with E-state index in [1.807, 2.05) is 6.07 Å². The molecule has 0 bridgehead atoms. The number of halogens is 1. The van der Waals surface area contributed by atoms with Crippen LogP contribution in [0.2, 0.25) is 0 Å². The van der Waals surface area contributed by atoms with Crippen LogP contribution in [0.25, 0.3) is 0 Å². The fourth-order valence-electron chi connectivity index (χ4n) is 3.21. The summed E-state index contributed by atoms with van der Waals surface area (Å²) in [4.78, 5) is 13.4. The van der Waals surface area contributed by atoms with Crippen LogP contribution in [-0.2, 0) is 4.79 Å². The smallest absolute Gasteiger partial charge is 0.303 e. The Bertz CT molecular complexity index is 464. The summed E-state index contributed by atoms with van der Waals surface area (Å²) >= 11 is 3.53. The fraction of sp³-hybridized carbons (Fsp3) is 0.562. The molecule has 1 aliphatic rings.